The number of carbonyl (C=O) groups is 3. The first-order valence-electron chi connectivity index (χ1n) is 10.4. The highest BCUT2D eigenvalue weighted by molar-refractivity contribution is 5.95. The quantitative estimate of drug-likeness (QED) is 0.717. The fourth-order valence-electron chi connectivity index (χ4n) is 5.82. The zero-order valence-corrected chi connectivity index (χ0v) is 16.6. The van der Waals surface area contributed by atoms with Crippen molar-refractivity contribution in [3.8, 4) is 0 Å². The molecule has 7 heteroatoms. The molecule has 0 heterocycles. The molecule has 156 valence electrons. The van der Waals surface area contributed by atoms with E-state index in [1.807, 2.05) is 0 Å². The number of ether oxygens (including phenoxy) is 1. The smallest absolute Gasteiger partial charge is 0.326 e. The van der Waals surface area contributed by atoms with Gasteiger partial charge >= 0.3 is 5.97 Å². The number of hydrogen-bond donors (Lipinski definition) is 2. The van der Waals surface area contributed by atoms with Gasteiger partial charge in [-0.15, -0.1) is 0 Å². The summed E-state index contributed by atoms with van der Waals surface area (Å²) in [4.78, 5) is 37.1. The number of carbonyl (C=O) groups excluding carboxylic acids is 3. The molecule has 4 bridgehead atoms. The van der Waals surface area contributed by atoms with Gasteiger partial charge in [-0.2, -0.15) is 0 Å². The fraction of sp³-hybridized carbons (Fsp3) is 0.591. The normalized spacial score (nSPS) is 30.5. The van der Waals surface area contributed by atoms with Gasteiger partial charge in [0.1, 0.15) is 12.4 Å². The SMILES string of the molecule is C[C@H](OC(=O)CNC(=O)C12CC3CC(CC(C3)C1)C2)C(=O)Nc1ccccc1F. The second-order valence-electron chi connectivity index (χ2n) is 8.98. The van der Waals surface area contributed by atoms with E-state index in [9.17, 15) is 18.8 Å². The Morgan fingerprint density at radius 1 is 1.10 bits per heavy atom. The van der Waals surface area contributed by atoms with Crippen molar-refractivity contribution in [2.75, 3.05) is 11.9 Å². The molecule has 2 N–H and O–H groups in total. The van der Waals surface area contributed by atoms with Crippen molar-refractivity contribution < 1.29 is 23.5 Å². The van der Waals surface area contributed by atoms with Crippen LogP contribution in [0.2, 0.25) is 0 Å². The van der Waals surface area contributed by atoms with Crippen LogP contribution < -0.4 is 10.6 Å². The van der Waals surface area contributed by atoms with Crippen molar-refractivity contribution in [2.24, 2.45) is 23.2 Å². The van der Waals surface area contributed by atoms with Gasteiger partial charge in [0.2, 0.25) is 5.91 Å². The second-order valence-corrected chi connectivity index (χ2v) is 8.98. The number of rotatable bonds is 6. The van der Waals surface area contributed by atoms with E-state index in [1.165, 1.54) is 44.4 Å². The molecule has 0 saturated heterocycles. The van der Waals surface area contributed by atoms with E-state index in [0.717, 1.165) is 19.3 Å². The number of para-hydroxylation sites is 1. The first-order valence-corrected chi connectivity index (χ1v) is 10.4. The lowest BCUT2D eigenvalue weighted by molar-refractivity contribution is -0.155. The number of halogens is 1. The maximum Gasteiger partial charge on any atom is 0.326 e. The van der Waals surface area contributed by atoms with Crippen molar-refractivity contribution >= 4 is 23.5 Å². The maximum absolute atomic E-state index is 13.6. The van der Waals surface area contributed by atoms with Gasteiger partial charge in [0.05, 0.1) is 5.69 Å². The van der Waals surface area contributed by atoms with Crippen LogP contribution in [-0.4, -0.2) is 30.4 Å². The third-order valence-electron chi connectivity index (χ3n) is 6.72. The largest absolute Gasteiger partial charge is 0.451 e. The van der Waals surface area contributed by atoms with Crippen LogP contribution in [0.5, 0.6) is 0 Å². The Balaban J connectivity index is 1.26. The minimum absolute atomic E-state index is 0.0236. The summed E-state index contributed by atoms with van der Waals surface area (Å²) in [5.74, 6) is -0.0162. The topological polar surface area (TPSA) is 84.5 Å². The molecule has 6 nitrogen and oxygen atoms in total. The van der Waals surface area contributed by atoms with E-state index in [4.69, 9.17) is 4.74 Å². The summed E-state index contributed by atoms with van der Waals surface area (Å²) < 4.78 is 18.7. The molecule has 4 aliphatic carbocycles. The Labute approximate surface area is 169 Å². The minimum atomic E-state index is -1.10. The predicted octanol–water partition coefficient (Wildman–Crippen LogP) is 3.03. The van der Waals surface area contributed by atoms with Gasteiger partial charge < -0.3 is 15.4 Å². The Morgan fingerprint density at radius 3 is 2.28 bits per heavy atom. The number of nitrogens with one attached hydrogen (secondary N) is 2. The average molecular weight is 402 g/mol. The highest BCUT2D eigenvalue weighted by Gasteiger charge is 2.54. The highest BCUT2D eigenvalue weighted by Crippen LogP contribution is 2.60. The summed E-state index contributed by atoms with van der Waals surface area (Å²) in [5, 5.41) is 5.13. The molecular weight excluding hydrogens is 375 g/mol. The van der Waals surface area contributed by atoms with Gasteiger partial charge in [-0.05, 0) is 75.3 Å². The molecule has 0 spiro atoms. The molecule has 4 saturated carbocycles. The molecular formula is C22H27FN2O4. The van der Waals surface area contributed by atoms with Crippen molar-refractivity contribution in [3.63, 3.8) is 0 Å². The van der Waals surface area contributed by atoms with E-state index < -0.39 is 23.8 Å². The van der Waals surface area contributed by atoms with Gasteiger partial charge in [0.25, 0.3) is 5.91 Å². The molecule has 4 fully saturated rings. The standard InChI is InChI=1S/C22H27FN2O4/c1-13(20(27)25-18-5-3-2-4-17(18)23)29-19(26)12-24-21(28)22-9-14-6-15(10-22)8-16(7-14)11-22/h2-5,13-16H,6-12H2,1H3,(H,24,28)(H,25,27)/t13-,14?,15?,16?,22?/m0/s1. The number of anilines is 1. The first-order chi connectivity index (χ1) is 13.8. The van der Waals surface area contributed by atoms with Crippen LogP contribution in [0.15, 0.2) is 24.3 Å². The molecule has 2 amide bonds. The summed E-state index contributed by atoms with van der Waals surface area (Å²) in [6.45, 7) is 1.15. The summed E-state index contributed by atoms with van der Waals surface area (Å²) in [5.41, 5.74) is -0.307. The van der Waals surface area contributed by atoms with Gasteiger partial charge in [0.15, 0.2) is 6.10 Å². The molecule has 1 atom stereocenters. The Kier molecular flexibility index (Phi) is 5.32. The zero-order valence-electron chi connectivity index (χ0n) is 16.6. The maximum atomic E-state index is 13.6. The number of amides is 2. The number of benzene rings is 1. The van der Waals surface area contributed by atoms with E-state index in [0.29, 0.717) is 17.8 Å². The van der Waals surface area contributed by atoms with Crippen LogP contribution in [0.4, 0.5) is 10.1 Å². The lowest BCUT2D eigenvalue weighted by atomic mass is 9.49. The first kappa shape index (κ1) is 19.9. The second kappa shape index (κ2) is 7.76. The molecule has 0 aliphatic heterocycles. The molecule has 29 heavy (non-hydrogen) atoms. The van der Waals surface area contributed by atoms with Gasteiger partial charge in [0, 0.05) is 5.41 Å². The summed E-state index contributed by atoms with van der Waals surface area (Å²) >= 11 is 0. The molecule has 1 aromatic carbocycles. The van der Waals surface area contributed by atoms with Crippen LogP contribution in [0.3, 0.4) is 0 Å². The lowest BCUT2D eigenvalue weighted by Gasteiger charge is -2.55. The third-order valence-corrected chi connectivity index (χ3v) is 6.72. The fourth-order valence-corrected chi connectivity index (χ4v) is 5.82. The molecule has 5 rings (SSSR count). The van der Waals surface area contributed by atoms with Crippen LogP contribution in [-0.2, 0) is 19.1 Å². The Hall–Kier alpha value is -2.44. The average Bonchev–Trinajstić information content (AvgIpc) is 2.66. The molecule has 0 unspecified atom stereocenters. The Morgan fingerprint density at radius 2 is 1.69 bits per heavy atom. The van der Waals surface area contributed by atoms with Crippen molar-refractivity contribution in [1.29, 1.82) is 0 Å². The lowest BCUT2D eigenvalue weighted by Crippen LogP contribution is -2.54. The van der Waals surface area contributed by atoms with Crippen LogP contribution in [0.1, 0.15) is 45.4 Å². The summed E-state index contributed by atoms with van der Waals surface area (Å²) in [6, 6.07) is 5.76. The van der Waals surface area contributed by atoms with E-state index >= 15 is 0 Å². The van der Waals surface area contributed by atoms with Crippen molar-refractivity contribution in [2.45, 2.75) is 51.6 Å². The van der Waals surface area contributed by atoms with Gasteiger partial charge in [-0.3, -0.25) is 14.4 Å². The third kappa shape index (κ3) is 4.14. The highest BCUT2D eigenvalue weighted by atomic mass is 19.1. The van der Waals surface area contributed by atoms with Crippen molar-refractivity contribution in [1.82, 2.24) is 5.32 Å². The Bertz CT molecular complexity index is 790. The molecule has 0 aromatic heterocycles. The predicted molar refractivity (Wildman–Crippen MR) is 104 cm³/mol. The monoisotopic (exact) mass is 402 g/mol. The van der Waals surface area contributed by atoms with Crippen LogP contribution in [0.25, 0.3) is 0 Å². The number of hydrogen-bond acceptors (Lipinski definition) is 4. The van der Waals surface area contributed by atoms with Gasteiger partial charge in [-0.25, -0.2) is 4.39 Å². The van der Waals surface area contributed by atoms with Crippen molar-refractivity contribution in [3.05, 3.63) is 30.1 Å². The minimum Gasteiger partial charge on any atom is -0.451 e. The van der Waals surface area contributed by atoms with Crippen LogP contribution in [0, 0.1) is 29.0 Å². The number of esters is 1. The van der Waals surface area contributed by atoms with Gasteiger partial charge in [-0.1, -0.05) is 12.1 Å². The van der Waals surface area contributed by atoms with E-state index in [2.05, 4.69) is 10.6 Å². The summed E-state index contributed by atoms with van der Waals surface area (Å²) in [7, 11) is 0. The molecule has 4 aliphatic rings. The summed E-state index contributed by atoms with van der Waals surface area (Å²) in [6.07, 6.45) is 5.37. The molecule has 0 radical (unpaired) electrons. The zero-order chi connectivity index (χ0) is 20.6. The van der Waals surface area contributed by atoms with E-state index in [1.54, 1.807) is 6.07 Å². The van der Waals surface area contributed by atoms with E-state index in [-0.39, 0.29) is 23.6 Å². The molecule has 1 aromatic rings. The van der Waals surface area contributed by atoms with Crippen LogP contribution >= 0.6 is 0 Å².